The Morgan fingerprint density at radius 2 is 1.42 bits per heavy atom. The van der Waals surface area contributed by atoms with Gasteiger partial charge in [-0.1, -0.05) is 0 Å². The van der Waals surface area contributed by atoms with E-state index >= 15 is 0 Å². The zero-order chi connectivity index (χ0) is 17.6. The second-order valence-corrected chi connectivity index (χ2v) is 8.70. The zero-order valence-electron chi connectivity index (χ0n) is 14.7. The molecule has 0 radical (unpaired) electrons. The fourth-order valence-corrected chi connectivity index (χ4v) is 5.42. The summed E-state index contributed by atoms with van der Waals surface area (Å²) in [7, 11) is 0. The maximum atomic E-state index is 5.08. The molecule has 130 valence electrons. The van der Waals surface area contributed by atoms with E-state index in [1.807, 2.05) is 0 Å². The predicted molar refractivity (Wildman–Crippen MR) is 112 cm³/mol. The topological polar surface area (TPSA) is 15.6 Å². The molecule has 2 nitrogen and oxygen atoms in total. The summed E-state index contributed by atoms with van der Waals surface area (Å²) in [5.74, 6) is 0. The Bertz CT molecular complexity index is 847. The van der Waals surface area contributed by atoms with Crippen LogP contribution in [0.15, 0.2) is 96.1 Å². The first-order chi connectivity index (χ1) is 12.9. The SMILES string of the molecule is c1ccc([Se]CC2CCC(c3ccccc3)=NN2c2ccccc2)cc1. The summed E-state index contributed by atoms with van der Waals surface area (Å²) in [6.07, 6.45) is 2.19. The van der Waals surface area contributed by atoms with E-state index in [-0.39, 0.29) is 0 Å². The Balaban J connectivity index is 1.59. The van der Waals surface area contributed by atoms with E-state index in [9.17, 15) is 0 Å². The average Bonchev–Trinajstić information content (AvgIpc) is 2.74. The summed E-state index contributed by atoms with van der Waals surface area (Å²) < 4.78 is 1.46. The molecule has 0 aromatic heterocycles. The van der Waals surface area contributed by atoms with Gasteiger partial charge in [0.2, 0.25) is 0 Å². The van der Waals surface area contributed by atoms with Gasteiger partial charge in [0.1, 0.15) is 0 Å². The summed E-state index contributed by atoms with van der Waals surface area (Å²) in [5.41, 5.74) is 3.62. The molecular formula is C23H22N2Se. The molecule has 1 aliphatic heterocycles. The minimum absolute atomic E-state index is 0.463. The van der Waals surface area contributed by atoms with Crippen molar-refractivity contribution >= 4 is 30.8 Å². The molecule has 0 spiro atoms. The van der Waals surface area contributed by atoms with Crippen molar-refractivity contribution in [3.05, 3.63) is 96.6 Å². The van der Waals surface area contributed by atoms with Crippen LogP contribution in [0.5, 0.6) is 0 Å². The molecule has 0 fully saturated rings. The van der Waals surface area contributed by atoms with Crippen molar-refractivity contribution in [2.75, 3.05) is 5.01 Å². The van der Waals surface area contributed by atoms with Gasteiger partial charge in [-0.2, -0.15) is 0 Å². The number of rotatable bonds is 5. The van der Waals surface area contributed by atoms with Crippen LogP contribution in [0.4, 0.5) is 5.69 Å². The molecule has 0 amide bonds. The van der Waals surface area contributed by atoms with E-state index in [1.54, 1.807) is 0 Å². The summed E-state index contributed by atoms with van der Waals surface area (Å²) >= 11 is 0.471. The van der Waals surface area contributed by atoms with Crippen molar-refractivity contribution in [2.45, 2.75) is 24.2 Å². The van der Waals surface area contributed by atoms with Crippen molar-refractivity contribution in [1.82, 2.24) is 0 Å². The molecule has 0 N–H and O–H groups in total. The second kappa shape index (κ2) is 8.35. The number of hydrazone groups is 1. The molecule has 4 rings (SSSR count). The number of hydrogen-bond acceptors (Lipinski definition) is 2. The van der Waals surface area contributed by atoms with Crippen molar-refractivity contribution in [3.8, 4) is 0 Å². The van der Waals surface area contributed by atoms with Crippen LogP contribution in [0.25, 0.3) is 0 Å². The van der Waals surface area contributed by atoms with Crippen LogP contribution in [0.2, 0.25) is 5.32 Å². The molecule has 3 aromatic carbocycles. The molecule has 0 saturated heterocycles. The average molecular weight is 405 g/mol. The Morgan fingerprint density at radius 1 is 0.808 bits per heavy atom. The quantitative estimate of drug-likeness (QED) is 0.571. The standard InChI is InChI=1S/C23H22N2Se/c1-4-10-19(11-5-1)23-17-16-21(18-26-22-14-8-3-9-15-22)25(24-23)20-12-6-2-7-13-20/h1-15,21H,16-18H2. The number of hydrogen-bond donors (Lipinski definition) is 0. The van der Waals surface area contributed by atoms with E-state index in [1.165, 1.54) is 26.7 Å². The summed E-state index contributed by atoms with van der Waals surface area (Å²) in [4.78, 5) is 0. The molecule has 0 bridgehead atoms. The van der Waals surface area contributed by atoms with Gasteiger partial charge in [0.05, 0.1) is 0 Å². The van der Waals surface area contributed by atoms with Crippen molar-refractivity contribution < 1.29 is 0 Å². The predicted octanol–water partition coefficient (Wildman–Crippen LogP) is 4.51. The molecule has 3 heteroatoms. The maximum absolute atomic E-state index is 5.08. The van der Waals surface area contributed by atoms with Crippen molar-refractivity contribution in [1.29, 1.82) is 0 Å². The number of para-hydroxylation sites is 1. The second-order valence-electron chi connectivity index (χ2n) is 6.41. The van der Waals surface area contributed by atoms with E-state index in [0.717, 1.165) is 12.8 Å². The Morgan fingerprint density at radius 3 is 2.12 bits per heavy atom. The fraction of sp³-hybridized carbons (Fsp3) is 0.174. The molecule has 3 aromatic rings. The summed E-state index contributed by atoms with van der Waals surface area (Å²) in [6.45, 7) is 0. The number of anilines is 1. The van der Waals surface area contributed by atoms with Gasteiger partial charge in [0.15, 0.2) is 0 Å². The first-order valence-corrected chi connectivity index (χ1v) is 11.1. The molecule has 0 aliphatic carbocycles. The summed E-state index contributed by atoms with van der Waals surface area (Å²) in [6, 6.07) is 32.5. The Hall–Kier alpha value is -2.35. The van der Waals surface area contributed by atoms with Gasteiger partial charge in [0, 0.05) is 0 Å². The monoisotopic (exact) mass is 406 g/mol. The molecule has 1 unspecified atom stereocenters. The molecule has 1 aliphatic rings. The van der Waals surface area contributed by atoms with Gasteiger partial charge >= 0.3 is 162 Å². The van der Waals surface area contributed by atoms with Crippen molar-refractivity contribution in [3.63, 3.8) is 0 Å². The van der Waals surface area contributed by atoms with Crippen LogP contribution in [0.1, 0.15) is 18.4 Å². The van der Waals surface area contributed by atoms with Crippen LogP contribution < -0.4 is 9.47 Å². The third-order valence-corrected chi connectivity index (χ3v) is 7.03. The molecule has 0 saturated carbocycles. The minimum atomic E-state index is 0.463. The van der Waals surface area contributed by atoms with Crippen LogP contribution >= 0.6 is 0 Å². The first-order valence-electron chi connectivity index (χ1n) is 9.05. The van der Waals surface area contributed by atoms with E-state index in [2.05, 4.69) is 96.0 Å². The normalized spacial score (nSPS) is 17.0. The van der Waals surface area contributed by atoms with Crippen LogP contribution in [0, 0.1) is 0 Å². The summed E-state index contributed by atoms with van der Waals surface area (Å²) in [5, 5.41) is 8.51. The van der Waals surface area contributed by atoms with Gasteiger partial charge in [0.25, 0.3) is 0 Å². The first kappa shape index (κ1) is 17.1. The molecular weight excluding hydrogens is 383 g/mol. The van der Waals surface area contributed by atoms with Crippen molar-refractivity contribution in [2.24, 2.45) is 5.10 Å². The zero-order valence-corrected chi connectivity index (χ0v) is 16.4. The van der Waals surface area contributed by atoms with E-state index < -0.39 is 0 Å². The molecule has 26 heavy (non-hydrogen) atoms. The van der Waals surface area contributed by atoms with Crippen LogP contribution in [-0.4, -0.2) is 26.7 Å². The Labute approximate surface area is 161 Å². The number of nitrogens with zero attached hydrogens (tertiary/aromatic N) is 2. The van der Waals surface area contributed by atoms with Gasteiger partial charge < -0.3 is 0 Å². The third kappa shape index (κ3) is 4.07. The van der Waals surface area contributed by atoms with Crippen LogP contribution in [0.3, 0.4) is 0 Å². The fourth-order valence-electron chi connectivity index (χ4n) is 3.23. The van der Waals surface area contributed by atoms with E-state index in [4.69, 9.17) is 5.10 Å². The van der Waals surface area contributed by atoms with Gasteiger partial charge in [-0.15, -0.1) is 0 Å². The van der Waals surface area contributed by atoms with Gasteiger partial charge in [-0.25, -0.2) is 0 Å². The van der Waals surface area contributed by atoms with E-state index in [0.29, 0.717) is 21.0 Å². The molecule has 1 heterocycles. The molecule has 1 atom stereocenters. The van der Waals surface area contributed by atoms with Gasteiger partial charge in [-0.3, -0.25) is 0 Å². The third-order valence-electron chi connectivity index (χ3n) is 4.60. The Kier molecular flexibility index (Phi) is 5.49. The number of benzene rings is 3. The van der Waals surface area contributed by atoms with Crippen LogP contribution in [-0.2, 0) is 0 Å². The van der Waals surface area contributed by atoms with Gasteiger partial charge in [-0.05, 0) is 0 Å².